The van der Waals surface area contributed by atoms with Crippen LogP contribution in [0, 0.1) is 17.5 Å². The third-order valence-electron chi connectivity index (χ3n) is 9.88. The van der Waals surface area contributed by atoms with E-state index in [0.29, 0.717) is 11.8 Å². The number of benzene rings is 5. The average molecular weight is 979 g/mol. The van der Waals surface area contributed by atoms with E-state index in [1.165, 1.54) is 16.8 Å². The van der Waals surface area contributed by atoms with E-state index in [-0.39, 0.29) is 20.1 Å². The van der Waals surface area contributed by atoms with Gasteiger partial charge in [0.15, 0.2) is 0 Å². The molecule has 5 aromatic carbocycles. The van der Waals surface area contributed by atoms with Crippen molar-refractivity contribution < 1.29 is 27.3 Å². The molecule has 0 saturated heterocycles. The first-order valence-electron chi connectivity index (χ1n) is 20.4. The van der Waals surface area contributed by atoms with E-state index in [0.717, 1.165) is 65.6 Å². The van der Waals surface area contributed by atoms with Crippen LogP contribution in [0.3, 0.4) is 0 Å². The first-order valence-corrected chi connectivity index (χ1v) is 26.7. The fourth-order valence-electron chi connectivity index (χ4n) is 7.26. The maximum Gasteiger partial charge on any atom is 0 e. The van der Waals surface area contributed by atoms with Gasteiger partial charge in [-0.3, -0.25) is 4.98 Å². The summed E-state index contributed by atoms with van der Waals surface area (Å²) in [6, 6.07) is 43.7. The topological polar surface area (TPSA) is 43.9 Å². The molecule has 0 amide bonds. The largest absolute Gasteiger partial charge is 0 e. The molecule has 0 bridgehead atoms. The standard InChI is InChI=1S/C31H27N2O.C19H26GeN.Ir/c1-19(2)22-11-9-12-23(20(3)4)30(22)33-27-14-7-6-13-26(27)32-31(33)21-16-17-29-25(18-21)24-10-5-8-15-28(24)34-29;1-19(2,3)13-16-12-18(15-10-8-7-9-11-15)21-14-17(16)20(4,5)6;/h5-15,17-20H,1-4H3;7-10,12,14H,13H2,1-6H3;/q2*-1;/i;13D2;. The number of aromatic nitrogens is 3. The minimum Gasteiger partial charge on any atom is 0 e. The number of fused-ring (bicyclic) bond motifs is 4. The van der Waals surface area contributed by atoms with Crippen LogP contribution in [0.25, 0.3) is 61.3 Å². The predicted molar refractivity (Wildman–Crippen MR) is 235 cm³/mol. The van der Waals surface area contributed by atoms with Gasteiger partial charge in [0.05, 0.1) is 22.4 Å². The summed E-state index contributed by atoms with van der Waals surface area (Å²) < 4.78 is 27.1. The van der Waals surface area contributed by atoms with Crippen LogP contribution < -0.4 is 4.40 Å². The van der Waals surface area contributed by atoms with Gasteiger partial charge in [-0.25, -0.2) is 0 Å². The number of hydrogen-bond acceptors (Lipinski definition) is 3. The van der Waals surface area contributed by atoms with Crippen molar-refractivity contribution in [1.82, 2.24) is 14.5 Å². The van der Waals surface area contributed by atoms with Crippen molar-refractivity contribution in [3.05, 3.63) is 144 Å². The van der Waals surface area contributed by atoms with E-state index < -0.39 is 25.1 Å². The molecule has 289 valence electrons. The number of para-hydroxylation sites is 4. The Hall–Kier alpha value is -4.29. The van der Waals surface area contributed by atoms with Gasteiger partial charge in [0.2, 0.25) is 0 Å². The third-order valence-corrected chi connectivity index (χ3v) is 14.1. The van der Waals surface area contributed by atoms with Crippen molar-refractivity contribution in [2.45, 2.75) is 83.9 Å². The molecule has 56 heavy (non-hydrogen) atoms. The quantitative estimate of drug-likeness (QED) is 0.118. The van der Waals surface area contributed by atoms with Crippen LogP contribution in [0.15, 0.2) is 120 Å². The van der Waals surface area contributed by atoms with Crippen LogP contribution in [0.4, 0.5) is 0 Å². The second-order valence-electron chi connectivity index (χ2n) is 17.1. The summed E-state index contributed by atoms with van der Waals surface area (Å²) in [5.41, 5.74) is 10.7. The van der Waals surface area contributed by atoms with Crippen LogP contribution in [-0.2, 0) is 26.5 Å². The zero-order valence-electron chi connectivity index (χ0n) is 36.2. The molecule has 3 heterocycles. The van der Waals surface area contributed by atoms with E-state index in [2.05, 4.69) is 127 Å². The molecule has 0 saturated carbocycles. The Morgan fingerprint density at radius 3 is 2.11 bits per heavy atom. The molecule has 8 aromatic rings. The van der Waals surface area contributed by atoms with Crippen molar-refractivity contribution in [3.8, 4) is 28.3 Å². The van der Waals surface area contributed by atoms with E-state index in [9.17, 15) is 0 Å². The van der Waals surface area contributed by atoms with Crippen LogP contribution in [-0.4, -0.2) is 27.8 Å². The predicted octanol–water partition coefficient (Wildman–Crippen LogP) is 13.3. The molecule has 0 spiro atoms. The number of nitrogens with zero attached hydrogens (tertiary/aromatic N) is 3. The summed E-state index contributed by atoms with van der Waals surface area (Å²) in [5.74, 6) is 8.52. The molecular weight excluding hydrogens is 923 g/mol. The van der Waals surface area contributed by atoms with Crippen LogP contribution in [0.1, 0.15) is 79.7 Å². The Morgan fingerprint density at radius 1 is 0.768 bits per heavy atom. The van der Waals surface area contributed by atoms with Gasteiger partial charge in [-0.05, 0) is 41.2 Å². The van der Waals surface area contributed by atoms with Gasteiger partial charge in [0.25, 0.3) is 0 Å². The molecule has 0 aliphatic heterocycles. The Balaban J connectivity index is 0.000000208. The molecule has 0 fully saturated rings. The molecule has 0 N–H and O–H groups in total. The summed E-state index contributed by atoms with van der Waals surface area (Å²) in [5, 5.41) is 2.20. The molecule has 0 atom stereocenters. The van der Waals surface area contributed by atoms with Crippen LogP contribution in [0.2, 0.25) is 17.3 Å². The van der Waals surface area contributed by atoms with Crippen molar-refractivity contribution in [2.75, 3.05) is 0 Å². The SMILES string of the molecule is CC(C)c1cccc(C(C)C)c1-n1c(-c2[c-]cc3oc4ccccc4c3c2)nc2ccccc21.[2H]C([2H])(c1cc(-c2[c-]cccc2)nc[c]1[Ge]([CH3])([CH3])[CH3])C(C)(C)C.[Ir]. The van der Waals surface area contributed by atoms with Gasteiger partial charge in [0, 0.05) is 31.2 Å². The average Bonchev–Trinajstić information content (AvgIpc) is 3.75. The monoisotopic (exact) mass is 980 g/mol. The van der Waals surface area contributed by atoms with Gasteiger partial charge < -0.3 is 8.98 Å². The van der Waals surface area contributed by atoms with E-state index in [4.69, 9.17) is 12.1 Å². The first kappa shape index (κ1) is 38.6. The van der Waals surface area contributed by atoms with Crippen molar-refractivity contribution in [2.24, 2.45) is 5.41 Å². The molecule has 8 rings (SSSR count). The summed E-state index contributed by atoms with van der Waals surface area (Å²) in [4.78, 5) is 9.75. The van der Waals surface area contributed by atoms with E-state index in [1.807, 2.05) is 75.5 Å². The summed E-state index contributed by atoms with van der Waals surface area (Å²) in [7, 11) is 0. The zero-order chi connectivity index (χ0) is 40.9. The van der Waals surface area contributed by atoms with Gasteiger partial charge in [-0.2, -0.15) is 0 Å². The minimum atomic E-state index is -2.24. The normalized spacial score (nSPS) is 12.8. The molecule has 0 aliphatic carbocycles. The fourth-order valence-corrected chi connectivity index (χ4v) is 10.2. The molecule has 0 aliphatic rings. The molecular formula is C50H53GeIrN3O-2. The number of imidazole rings is 1. The van der Waals surface area contributed by atoms with E-state index in [1.54, 1.807) is 0 Å². The summed E-state index contributed by atoms with van der Waals surface area (Å²) in [6.45, 7) is 14.9. The Morgan fingerprint density at radius 2 is 1.45 bits per heavy atom. The number of furan rings is 1. The third kappa shape index (κ3) is 8.66. The van der Waals surface area contributed by atoms with Crippen LogP contribution in [0.5, 0.6) is 0 Å². The molecule has 1 radical (unpaired) electrons. The Labute approximate surface area is 352 Å². The minimum absolute atomic E-state index is 0. The summed E-state index contributed by atoms with van der Waals surface area (Å²) in [6.07, 6.45) is 0.502. The second kappa shape index (κ2) is 16.7. The molecule has 0 unspecified atom stereocenters. The van der Waals surface area contributed by atoms with Gasteiger partial charge in [-0.1, -0.05) is 81.6 Å². The zero-order valence-corrected chi connectivity index (χ0v) is 38.7. The van der Waals surface area contributed by atoms with Crippen molar-refractivity contribution in [3.63, 3.8) is 0 Å². The first-order chi connectivity index (χ1) is 27.0. The van der Waals surface area contributed by atoms with Crippen LogP contribution >= 0.6 is 0 Å². The molecule has 6 heteroatoms. The Bertz CT molecular complexity index is 2680. The van der Waals surface area contributed by atoms with Gasteiger partial charge >= 0.3 is 135 Å². The Kier molecular flexibility index (Phi) is 11.5. The molecule has 3 aromatic heterocycles. The number of pyridine rings is 1. The number of hydrogen-bond donors (Lipinski definition) is 0. The van der Waals surface area contributed by atoms with Crippen molar-refractivity contribution >= 4 is 50.6 Å². The van der Waals surface area contributed by atoms with E-state index >= 15 is 0 Å². The number of rotatable bonds is 7. The maximum atomic E-state index is 8.76. The van der Waals surface area contributed by atoms with Gasteiger partial charge in [-0.15, -0.1) is 23.8 Å². The smallest absolute Gasteiger partial charge is 0 e. The maximum absolute atomic E-state index is 8.76. The summed E-state index contributed by atoms with van der Waals surface area (Å²) >= 11 is -2.24. The van der Waals surface area contributed by atoms with Gasteiger partial charge in [0.1, 0.15) is 5.58 Å². The van der Waals surface area contributed by atoms with Crippen molar-refractivity contribution in [1.29, 1.82) is 0 Å². The molecule has 4 nitrogen and oxygen atoms in total. The fraction of sp³-hybridized carbons (Fsp3) is 0.280. The second-order valence-corrected chi connectivity index (χ2v) is 27.7.